The van der Waals surface area contributed by atoms with Gasteiger partial charge in [-0.2, -0.15) is 4.31 Å². The van der Waals surface area contributed by atoms with Gasteiger partial charge in [0.1, 0.15) is 0 Å². The second-order valence-electron chi connectivity index (χ2n) is 7.80. The standard InChI is InChI=1S/C26H24ClNO4S/c1-3-32-26(29)23-17-24(19-11-13-21(27)14-12-19)28(25(23)20-7-5-4-6-8-20)33(30,31)22-15-9-18(2)10-16-22/h4-17,24-25H,3H2,1-2H3/t24-,25-/m1/s1. The molecule has 0 N–H and O–H groups in total. The molecule has 0 aromatic heterocycles. The second-order valence-corrected chi connectivity index (χ2v) is 10.1. The smallest absolute Gasteiger partial charge is 0.335 e. The van der Waals surface area contributed by atoms with Crippen molar-refractivity contribution >= 4 is 27.6 Å². The molecule has 0 saturated carbocycles. The van der Waals surface area contributed by atoms with Gasteiger partial charge >= 0.3 is 5.97 Å². The van der Waals surface area contributed by atoms with E-state index < -0.39 is 28.1 Å². The highest BCUT2D eigenvalue weighted by Crippen LogP contribution is 2.47. The Kier molecular flexibility index (Phi) is 6.70. The van der Waals surface area contributed by atoms with Crippen molar-refractivity contribution in [3.63, 3.8) is 0 Å². The monoisotopic (exact) mass is 481 g/mol. The molecule has 0 amide bonds. The van der Waals surface area contributed by atoms with Gasteiger partial charge in [0.15, 0.2) is 0 Å². The quantitative estimate of drug-likeness (QED) is 0.428. The van der Waals surface area contributed by atoms with Gasteiger partial charge in [0, 0.05) is 5.02 Å². The van der Waals surface area contributed by atoms with E-state index in [1.807, 2.05) is 37.3 Å². The van der Waals surface area contributed by atoms with Gasteiger partial charge in [0.05, 0.1) is 29.2 Å². The van der Waals surface area contributed by atoms with Crippen LogP contribution in [0.25, 0.3) is 0 Å². The fraction of sp³-hybridized carbons (Fsp3) is 0.192. The van der Waals surface area contributed by atoms with Gasteiger partial charge in [0.25, 0.3) is 0 Å². The van der Waals surface area contributed by atoms with E-state index in [0.29, 0.717) is 21.7 Å². The molecule has 0 saturated heterocycles. The molecule has 0 bridgehead atoms. The molecule has 33 heavy (non-hydrogen) atoms. The van der Waals surface area contributed by atoms with E-state index in [2.05, 4.69) is 0 Å². The van der Waals surface area contributed by atoms with E-state index in [1.54, 1.807) is 61.5 Å². The van der Waals surface area contributed by atoms with Crippen LogP contribution in [-0.2, 0) is 19.6 Å². The molecule has 3 aromatic rings. The van der Waals surface area contributed by atoms with Crippen LogP contribution in [0.2, 0.25) is 5.02 Å². The molecule has 170 valence electrons. The third-order valence-electron chi connectivity index (χ3n) is 5.60. The molecule has 0 spiro atoms. The van der Waals surface area contributed by atoms with Crippen LogP contribution in [0.3, 0.4) is 0 Å². The number of nitrogens with zero attached hydrogens (tertiary/aromatic N) is 1. The van der Waals surface area contributed by atoms with Crippen LogP contribution >= 0.6 is 11.6 Å². The lowest BCUT2D eigenvalue weighted by atomic mass is 10.0. The van der Waals surface area contributed by atoms with E-state index in [-0.39, 0.29) is 11.5 Å². The number of benzene rings is 3. The fourth-order valence-corrected chi connectivity index (χ4v) is 5.86. The van der Waals surface area contributed by atoms with Gasteiger partial charge in [0.2, 0.25) is 10.0 Å². The van der Waals surface area contributed by atoms with Gasteiger partial charge in [-0.05, 0) is 55.3 Å². The first-order valence-corrected chi connectivity index (χ1v) is 12.4. The number of halogens is 1. The number of hydrogen-bond acceptors (Lipinski definition) is 4. The Hall–Kier alpha value is -2.93. The van der Waals surface area contributed by atoms with Crippen LogP contribution in [0.1, 0.15) is 35.7 Å². The molecule has 5 nitrogen and oxygen atoms in total. The molecule has 1 aliphatic heterocycles. The lowest BCUT2D eigenvalue weighted by Gasteiger charge is -2.31. The average Bonchev–Trinajstić information content (AvgIpc) is 3.22. The summed E-state index contributed by atoms with van der Waals surface area (Å²) in [6, 6.07) is 21.3. The summed E-state index contributed by atoms with van der Waals surface area (Å²) >= 11 is 6.08. The zero-order chi connectivity index (χ0) is 23.6. The highest BCUT2D eigenvalue weighted by molar-refractivity contribution is 7.89. The van der Waals surface area contributed by atoms with Gasteiger partial charge in [-0.15, -0.1) is 0 Å². The Labute approximate surface area is 199 Å². The summed E-state index contributed by atoms with van der Waals surface area (Å²) in [4.78, 5) is 13.1. The van der Waals surface area contributed by atoms with Crippen molar-refractivity contribution in [3.8, 4) is 0 Å². The second kappa shape index (κ2) is 9.51. The third-order valence-corrected chi connectivity index (χ3v) is 7.71. The Balaban J connectivity index is 1.93. The Bertz CT molecular complexity index is 1270. The Morgan fingerprint density at radius 2 is 1.58 bits per heavy atom. The van der Waals surface area contributed by atoms with E-state index >= 15 is 0 Å². The molecule has 0 radical (unpaired) electrons. The largest absolute Gasteiger partial charge is 0.463 e. The van der Waals surface area contributed by atoms with E-state index in [0.717, 1.165) is 5.56 Å². The Morgan fingerprint density at radius 1 is 0.939 bits per heavy atom. The normalized spacial score (nSPS) is 18.7. The van der Waals surface area contributed by atoms with Crippen molar-refractivity contribution in [3.05, 3.63) is 112 Å². The number of esters is 1. The van der Waals surface area contributed by atoms with Crippen molar-refractivity contribution < 1.29 is 17.9 Å². The van der Waals surface area contributed by atoms with E-state index in [9.17, 15) is 13.2 Å². The number of rotatable bonds is 6. The molecule has 3 aromatic carbocycles. The molecule has 0 fully saturated rings. The van der Waals surface area contributed by atoms with Gasteiger partial charge in [-0.3, -0.25) is 0 Å². The first kappa shape index (κ1) is 23.2. The fourth-order valence-electron chi connectivity index (χ4n) is 4.01. The molecule has 1 aliphatic rings. The summed E-state index contributed by atoms with van der Waals surface area (Å²) in [7, 11) is -4.00. The molecule has 0 aliphatic carbocycles. The summed E-state index contributed by atoms with van der Waals surface area (Å²) in [6.07, 6.45) is 1.69. The highest BCUT2D eigenvalue weighted by Gasteiger charge is 2.46. The minimum atomic E-state index is -4.00. The lowest BCUT2D eigenvalue weighted by Crippen LogP contribution is -2.35. The average molecular weight is 482 g/mol. The minimum Gasteiger partial charge on any atom is -0.463 e. The van der Waals surface area contributed by atoms with Gasteiger partial charge in [-0.1, -0.05) is 71.8 Å². The summed E-state index contributed by atoms with van der Waals surface area (Å²) in [5, 5.41) is 0.541. The van der Waals surface area contributed by atoms with Crippen molar-refractivity contribution in [2.45, 2.75) is 30.8 Å². The summed E-state index contributed by atoms with van der Waals surface area (Å²) in [5.41, 5.74) is 2.63. The van der Waals surface area contributed by atoms with Crippen molar-refractivity contribution in [1.29, 1.82) is 0 Å². The molecule has 7 heteroatoms. The Morgan fingerprint density at radius 3 is 2.18 bits per heavy atom. The maximum absolute atomic E-state index is 14.0. The zero-order valence-electron chi connectivity index (χ0n) is 18.3. The van der Waals surface area contributed by atoms with Gasteiger partial charge in [-0.25, -0.2) is 13.2 Å². The highest BCUT2D eigenvalue weighted by atomic mass is 35.5. The number of carbonyl (C=O) groups excluding carboxylic acids is 1. The summed E-state index contributed by atoms with van der Waals surface area (Å²) in [5.74, 6) is -0.535. The van der Waals surface area contributed by atoms with Crippen LogP contribution in [0, 0.1) is 6.92 Å². The van der Waals surface area contributed by atoms with Crippen molar-refractivity contribution in [1.82, 2.24) is 4.31 Å². The molecule has 2 atom stereocenters. The SMILES string of the molecule is CCOC(=O)C1=C[C@H](c2ccc(Cl)cc2)N(S(=O)(=O)c2ccc(C)cc2)[C@@H]1c1ccccc1. The predicted octanol–water partition coefficient (Wildman–Crippen LogP) is 5.62. The number of aryl methyl sites for hydroxylation is 1. The maximum Gasteiger partial charge on any atom is 0.335 e. The first-order valence-electron chi connectivity index (χ1n) is 10.6. The number of hydrogen-bond donors (Lipinski definition) is 0. The molecule has 1 heterocycles. The van der Waals surface area contributed by atoms with Gasteiger partial charge < -0.3 is 4.74 Å². The van der Waals surface area contributed by atoms with Crippen LogP contribution in [0.4, 0.5) is 0 Å². The number of sulfonamides is 1. The topological polar surface area (TPSA) is 63.7 Å². The third kappa shape index (κ3) is 4.60. The van der Waals surface area contributed by atoms with E-state index in [4.69, 9.17) is 16.3 Å². The summed E-state index contributed by atoms with van der Waals surface area (Å²) in [6.45, 7) is 3.81. The molecule has 4 rings (SSSR count). The summed E-state index contributed by atoms with van der Waals surface area (Å²) < 4.78 is 34.7. The van der Waals surface area contributed by atoms with Crippen LogP contribution < -0.4 is 0 Å². The van der Waals surface area contributed by atoms with Crippen LogP contribution in [0.5, 0.6) is 0 Å². The lowest BCUT2D eigenvalue weighted by molar-refractivity contribution is -0.138. The van der Waals surface area contributed by atoms with Crippen molar-refractivity contribution in [2.75, 3.05) is 6.61 Å². The van der Waals surface area contributed by atoms with E-state index in [1.165, 1.54) is 4.31 Å². The maximum atomic E-state index is 14.0. The van der Waals surface area contributed by atoms with Crippen LogP contribution in [0.15, 0.2) is 95.4 Å². The number of carbonyl (C=O) groups is 1. The predicted molar refractivity (Wildman–Crippen MR) is 128 cm³/mol. The van der Waals surface area contributed by atoms with Crippen LogP contribution in [-0.4, -0.2) is 25.3 Å². The zero-order valence-corrected chi connectivity index (χ0v) is 19.9. The molecular formula is C26H24ClNO4S. The first-order chi connectivity index (χ1) is 15.8. The minimum absolute atomic E-state index is 0.159. The van der Waals surface area contributed by atoms with Crippen molar-refractivity contribution in [2.24, 2.45) is 0 Å². The number of ether oxygens (including phenoxy) is 1. The molecular weight excluding hydrogens is 458 g/mol. The molecule has 0 unspecified atom stereocenters.